The number of benzene rings is 2. The van der Waals surface area contributed by atoms with Gasteiger partial charge in [0.25, 0.3) is 0 Å². The van der Waals surface area contributed by atoms with Gasteiger partial charge in [-0.3, -0.25) is 4.79 Å². The van der Waals surface area contributed by atoms with Crippen LogP contribution in [0.1, 0.15) is 11.1 Å². The number of halogens is 1. The zero-order valence-corrected chi connectivity index (χ0v) is 15.7. The Morgan fingerprint density at radius 2 is 2.24 bits per heavy atom. The third-order valence-corrected chi connectivity index (χ3v) is 4.88. The van der Waals surface area contributed by atoms with E-state index in [2.05, 4.69) is 31.4 Å². The van der Waals surface area contributed by atoms with E-state index in [0.717, 1.165) is 31.6 Å². The van der Waals surface area contributed by atoms with Gasteiger partial charge in [-0.1, -0.05) is 17.4 Å². The molecular formula is C17H15BrN4O2S. The minimum absolute atomic E-state index is 0.194. The van der Waals surface area contributed by atoms with Crippen LogP contribution in [0.25, 0.3) is 10.2 Å². The van der Waals surface area contributed by atoms with Crippen LogP contribution in [0.3, 0.4) is 0 Å². The number of fused-ring (bicyclic) bond motifs is 1. The molecule has 2 aromatic carbocycles. The number of nitrogens with two attached hydrogens (primary N) is 1. The Bertz CT molecular complexity index is 955. The number of anilines is 1. The van der Waals surface area contributed by atoms with Gasteiger partial charge >= 0.3 is 0 Å². The van der Waals surface area contributed by atoms with Crippen molar-refractivity contribution in [2.75, 3.05) is 12.8 Å². The highest BCUT2D eigenvalue weighted by molar-refractivity contribution is 9.10. The number of hydrazone groups is 1. The van der Waals surface area contributed by atoms with Crippen molar-refractivity contribution in [3.63, 3.8) is 0 Å². The molecule has 0 saturated carbocycles. The molecule has 1 aromatic heterocycles. The molecule has 0 aliphatic heterocycles. The molecule has 0 saturated heterocycles. The standard InChI is InChI=1S/C17H15BrN4O2S/c1-24-14-5-3-11(6-12(14)18)9-20-22-16(23)8-10-2-4-13-15(7-10)25-17(19)21-13/h2-7,9H,8H2,1H3,(H2,19,21)(H,22,23)/b20-9-. The quantitative estimate of drug-likeness (QED) is 0.490. The predicted octanol–water partition coefficient (Wildman–Crippen LogP) is 3.34. The lowest BCUT2D eigenvalue weighted by Gasteiger charge is -2.03. The van der Waals surface area contributed by atoms with Gasteiger partial charge in [-0.05, 0) is 57.4 Å². The van der Waals surface area contributed by atoms with Gasteiger partial charge in [0.2, 0.25) is 5.91 Å². The zero-order chi connectivity index (χ0) is 17.8. The molecule has 3 rings (SSSR count). The highest BCUT2D eigenvalue weighted by atomic mass is 79.9. The maximum Gasteiger partial charge on any atom is 0.244 e. The fourth-order valence-corrected chi connectivity index (χ4v) is 3.62. The van der Waals surface area contributed by atoms with Crippen LogP contribution in [-0.4, -0.2) is 24.2 Å². The fraction of sp³-hybridized carbons (Fsp3) is 0.118. The molecule has 6 nitrogen and oxygen atoms in total. The molecule has 0 aliphatic carbocycles. The predicted molar refractivity (Wildman–Crippen MR) is 104 cm³/mol. The first kappa shape index (κ1) is 17.4. The first-order valence-corrected chi connectivity index (χ1v) is 8.96. The van der Waals surface area contributed by atoms with Crippen LogP contribution in [0, 0.1) is 0 Å². The molecule has 25 heavy (non-hydrogen) atoms. The molecule has 8 heteroatoms. The molecule has 1 heterocycles. The number of carbonyl (C=O) groups excluding carboxylic acids is 1. The third-order valence-electron chi connectivity index (χ3n) is 3.41. The summed E-state index contributed by atoms with van der Waals surface area (Å²) in [4.78, 5) is 16.2. The Kier molecular flexibility index (Phi) is 5.30. The number of nitrogens with zero attached hydrogens (tertiary/aromatic N) is 2. The topological polar surface area (TPSA) is 89.6 Å². The van der Waals surface area contributed by atoms with Crippen LogP contribution in [-0.2, 0) is 11.2 Å². The minimum Gasteiger partial charge on any atom is -0.496 e. The number of carbonyl (C=O) groups is 1. The number of nitrogen functional groups attached to an aromatic ring is 1. The van der Waals surface area contributed by atoms with E-state index < -0.39 is 0 Å². The zero-order valence-electron chi connectivity index (χ0n) is 13.3. The van der Waals surface area contributed by atoms with Crippen LogP contribution < -0.4 is 15.9 Å². The summed E-state index contributed by atoms with van der Waals surface area (Å²) < 4.78 is 6.96. The molecule has 0 unspecified atom stereocenters. The van der Waals surface area contributed by atoms with Crippen molar-refractivity contribution < 1.29 is 9.53 Å². The second-order valence-electron chi connectivity index (χ2n) is 5.22. The normalized spacial score (nSPS) is 11.1. The molecular weight excluding hydrogens is 404 g/mol. The van der Waals surface area contributed by atoms with Crippen molar-refractivity contribution in [1.29, 1.82) is 0 Å². The van der Waals surface area contributed by atoms with Gasteiger partial charge in [-0.15, -0.1) is 0 Å². The van der Waals surface area contributed by atoms with Gasteiger partial charge in [0, 0.05) is 0 Å². The summed E-state index contributed by atoms with van der Waals surface area (Å²) in [5.41, 5.74) is 10.8. The lowest BCUT2D eigenvalue weighted by molar-refractivity contribution is -0.120. The van der Waals surface area contributed by atoms with E-state index in [9.17, 15) is 4.79 Å². The smallest absolute Gasteiger partial charge is 0.244 e. The summed E-state index contributed by atoms with van der Waals surface area (Å²) in [6.07, 6.45) is 1.81. The van der Waals surface area contributed by atoms with E-state index in [1.165, 1.54) is 11.3 Å². The van der Waals surface area contributed by atoms with Crippen molar-refractivity contribution in [2.45, 2.75) is 6.42 Å². The Morgan fingerprint density at radius 1 is 1.40 bits per heavy atom. The van der Waals surface area contributed by atoms with Crippen LogP contribution in [0.15, 0.2) is 46.0 Å². The molecule has 3 aromatic rings. The molecule has 0 fully saturated rings. The molecule has 1 amide bonds. The van der Waals surface area contributed by atoms with E-state index in [1.807, 2.05) is 36.4 Å². The number of methoxy groups -OCH3 is 1. The van der Waals surface area contributed by atoms with Crippen molar-refractivity contribution in [1.82, 2.24) is 10.4 Å². The minimum atomic E-state index is -0.194. The van der Waals surface area contributed by atoms with Gasteiger partial charge in [-0.2, -0.15) is 5.10 Å². The molecule has 0 spiro atoms. The van der Waals surface area contributed by atoms with Crippen molar-refractivity contribution in [2.24, 2.45) is 5.10 Å². The summed E-state index contributed by atoms with van der Waals surface area (Å²) >= 11 is 4.81. The average Bonchev–Trinajstić information content (AvgIpc) is 2.94. The maximum absolute atomic E-state index is 12.0. The number of thiazole rings is 1. The van der Waals surface area contributed by atoms with E-state index in [1.54, 1.807) is 13.3 Å². The summed E-state index contributed by atoms with van der Waals surface area (Å²) in [6.45, 7) is 0. The highest BCUT2D eigenvalue weighted by Gasteiger charge is 2.06. The number of rotatable bonds is 5. The summed E-state index contributed by atoms with van der Waals surface area (Å²) in [5.74, 6) is 0.543. The van der Waals surface area contributed by atoms with E-state index in [4.69, 9.17) is 10.5 Å². The van der Waals surface area contributed by atoms with Crippen molar-refractivity contribution in [3.8, 4) is 5.75 Å². The Hall–Kier alpha value is -2.45. The average molecular weight is 419 g/mol. The van der Waals surface area contributed by atoms with Crippen LogP contribution >= 0.6 is 27.3 Å². The van der Waals surface area contributed by atoms with Gasteiger partial charge in [0.1, 0.15) is 5.75 Å². The third kappa shape index (κ3) is 4.34. The van der Waals surface area contributed by atoms with E-state index >= 15 is 0 Å². The number of hydrogen-bond donors (Lipinski definition) is 2. The van der Waals surface area contributed by atoms with Crippen molar-refractivity contribution >= 4 is 54.7 Å². The van der Waals surface area contributed by atoms with Crippen LogP contribution in [0.5, 0.6) is 5.75 Å². The molecule has 0 aliphatic rings. The lowest BCUT2D eigenvalue weighted by Crippen LogP contribution is -2.19. The summed E-state index contributed by atoms with van der Waals surface area (Å²) in [6, 6.07) is 11.2. The van der Waals surface area contributed by atoms with E-state index in [0.29, 0.717) is 5.13 Å². The monoisotopic (exact) mass is 418 g/mol. The number of aromatic nitrogens is 1. The number of nitrogens with one attached hydrogen (secondary N) is 1. The van der Waals surface area contributed by atoms with Crippen LogP contribution in [0.2, 0.25) is 0 Å². The molecule has 0 bridgehead atoms. The maximum atomic E-state index is 12.0. The Balaban J connectivity index is 1.60. The van der Waals surface area contributed by atoms with Gasteiger partial charge in [-0.25, -0.2) is 10.4 Å². The Morgan fingerprint density at radius 3 is 3.00 bits per heavy atom. The first-order chi connectivity index (χ1) is 12.0. The lowest BCUT2D eigenvalue weighted by atomic mass is 10.1. The molecule has 3 N–H and O–H groups in total. The number of amides is 1. The second kappa shape index (κ2) is 7.62. The van der Waals surface area contributed by atoms with Gasteiger partial charge < -0.3 is 10.5 Å². The fourth-order valence-electron chi connectivity index (χ4n) is 2.26. The molecule has 0 radical (unpaired) electrons. The second-order valence-corrected chi connectivity index (χ2v) is 7.13. The van der Waals surface area contributed by atoms with Gasteiger partial charge in [0.05, 0.1) is 34.4 Å². The number of hydrogen-bond acceptors (Lipinski definition) is 6. The molecule has 0 atom stereocenters. The van der Waals surface area contributed by atoms with Crippen molar-refractivity contribution in [3.05, 3.63) is 52.0 Å². The largest absolute Gasteiger partial charge is 0.496 e. The summed E-state index contributed by atoms with van der Waals surface area (Å²) in [5, 5.41) is 4.51. The summed E-state index contributed by atoms with van der Waals surface area (Å²) in [7, 11) is 1.60. The van der Waals surface area contributed by atoms with Crippen LogP contribution in [0.4, 0.5) is 5.13 Å². The highest BCUT2D eigenvalue weighted by Crippen LogP contribution is 2.25. The molecule has 128 valence electrons. The Labute approximate surface area is 156 Å². The number of ether oxygens (including phenoxy) is 1. The van der Waals surface area contributed by atoms with E-state index in [-0.39, 0.29) is 12.3 Å². The van der Waals surface area contributed by atoms with Gasteiger partial charge in [0.15, 0.2) is 5.13 Å². The first-order valence-electron chi connectivity index (χ1n) is 7.35. The SMILES string of the molecule is COc1ccc(/C=N\NC(=O)Cc2ccc3nc(N)sc3c2)cc1Br.